The van der Waals surface area contributed by atoms with Gasteiger partial charge in [-0.25, -0.2) is 4.98 Å². The zero-order valence-electron chi connectivity index (χ0n) is 13.8. The van der Waals surface area contributed by atoms with Gasteiger partial charge in [0.1, 0.15) is 5.82 Å². The Hall–Kier alpha value is -1.16. The first-order valence-corrected chi connectivity index (χ1v) is 8.41. The molecule has 1 saturated carbocycles. The molecule has 0 aliphatic heterocycles. The Balaban J connectivity index is 1.88. The fourth-order valence-electron chi connectivity index (χ4n) is 2.94. The Kier molecular flexibility index (Phi) is 6.43. The molecule has 1 fully saturated rings. The van der Waals surface area contributed by atoms with E-state index in [0.29, 0.717) is 12.0 Å². The molecule has 1 N–H and O–H groups in total. The van der Waals surface area contributed by atoms with Crippen LogP contribution in [-0.2, 0) is 6.54 Å². The van der Waals surface area contributed by atoms with E-state index in [2.05, 4.69) is 41.1 Å². The lowest BCUT2D eigenvalue weighted by atomic mass is 10.1. The van der Waals surface area contributed by atoms with Crippen LogP contribution in [0.1, 0.15) is 58.1 Å². The van der Waals surface area contributed by atoms with Gasteiger partial charge in [-0.3, -0.25) is 4.98 Å². The number of anilines is 1. The third-order valence-electron chi connectivity index (χ3n) is 4.28. The Bertz CT molecular complexity index is 394. The molecule has 4 nitrogen and oxygen atoms in total. The summed E-state index contributed by atoms with van der Waals surface area (Å²) >= 11 is 0. The number of aromatic nitrogens is 2. The number of nitrogens with zero attached hydrogens (tertiary/aromatic N) is 3. The van der Waals surface area contributed by atoms with E-state index in [1.54, 1.807) is 0 Å². The van der Waals surface area contributed by atoms with Crippen LogP contribution < -0.4 is 10.2 Å². The lowest BCUT2D eigenvalue weighted by molar-refractivity contribution is 0.542. The maximum Gasteiger partial charge on any atom is 0.147 e. The Morgan fingerprint density at radius 2 is 1.86 bits per heavy atom. The predicted molar refractivity (Wildman–Crippen MR) is 88.5 cm³/mol. The van der Waals surface area contributed by atoms with Crippen LogP contribution in [0.15, 0.2) is 12.4 Å². The molecule has 0 unspecified atom stereocenters. The Labute approximate surface area is 129 Å². The normalized spacial score (nSPS) is 17.0. The van der Waals surface area contributed by atoms with Crippen LogP contribution >= 0.6 is 0 Å². The largest absolute Gasteiger partial charge is 0.355 e. The molecule has 21 heavy (non-hydrogen) atoms. The molecule has 2 rings (SSSR count). The highest BCUT2D eigenvalue weighted by Crippen LogP contribution is 2.23. The average Bonchev–Trinajstić information content (AvgIpc) is 2.76. The standard InChI is InChI=1S/C17H30N4/c1-14(2)10-18-11-15-12-20-17(13-19-15)21(3)16-8-6-4-5-7-9-16/h12-14,16,18H,4-11H2,1-3H3. The predicted octanol–water partition coefficient (Wildman–Crippen LogP) is 3.38. The Morgan fingerprint density at radius 3 is 2.43 bits per heavy atom. The van der Waals surface area contributed by atoms with Gasteiger partial charge in [-0.1, -0.05) is 39.5 Å². The van der Waals surface area contributed by atoms with Crippen molar-refractivity contribution in [3.8, 4) is 0 Å². The molecule has 1 heterocycles. The van der Waals surface area contributed by atoms with Crippen molar-refractivity contribution in [1.82, 2.24) is 15.3 Å². The van der Waals surface area contributed by atoms with Gasteiger partial charge in [0.15, 0.2) is 0 Å². The van der Waals surface area contributed by atoms with E-state index in [1.165, 1.54) is 38.5 Å². The maximum absolute atomic E-state index is 4.61. The molecule has 1 aliphatic carbocycles. The summed E-state index contributed by atoms with van der Waals surface area (Å²) in [6.07, 6.45) is 11.9. The van der Waals surface area contributed by atoms with Crippen LogP contribution in [-0.4, -0.2) is 29.6 Å². The zero-order chi connectivity index (χ0) is 15.1. The topological polar surface area (TPSA) is 41.1 Å². The average molecular weight is 290 g/mol. The van der Waals surface area contributed by atoms with Gasteiger partial charge in [-0.2, -0.15) is 0 Å². The van der Waals surface area contributed by atoms with Crippen LogP contribution in [0.5, 0.6) is 0 Å². The van der Waals surface area contributed by atoms with E-state index >= 15 is 0 Å². The van der Waals surface area contributed by atoms with E-state index in [9.17, 15) is 0 Å². The van der Waals surface area contributed by atoms with Gasteiger partial charge in [-0.05, 0) is 25.3 Å². The number of rotatable bonds is 6. The monoisotopic (exact) mass is 290 g/mol. The summed E-state index contributed by atoms with van der Waals surface area (Å²) in [5.74, 6) is 1.67. The minimum atomic E-state index is 0.631. The first-order valence-electron chi connectivity index (χ1n) is 8.41. The Morgan fingerprint density at radius 1 is 1.14 bits per heavy atom. The van der Waals surface area contributed by atoms with Gasteiger partial charge < -0.3 is 10.2 Å². The second-order valence-corrected chi connectivity index (χ2v) is 6.65. The minimum absolute atomic E-state index is 0.631. The fraction of sp³-hybridized carbons (Fsp3) is 0.765. The summed E-state index contributed by atoms with van der Waals surface area (Å²) in [5.41, 5.74) is 1.02. The zero-order valence-corrected chi connectivity index (χ0v) is 13.8. The highest BCUT2D eigenvalue weighted by atomic mass is 15.2. The molecule has 4 heteroatoms. The van der Waals surface area contributed by atoms with Crippen LogP contribution in [0.25, 0.3) is 0 Å². The molecule has 0 atom stereocenters. The second kappa shape index (κ2) is 8.32. The van der Waals surface area contributed by atoms with Crippen molar-refractivity contribution in [3.05, 3.63) is 18.1 Å². The summed E-state index contributed by atoms with van der Waals surface area (Å²) in [5, 5.41) is 3.41. The first-order chi connectivity index (χ1) is 10.2. The van der Waals surface area contributed by atoms with Gasteiger partial charge in [0.05, 0.1) is 18.1 Å². The molecular weight excluding hydrogens is 260 g/mol. The molecule has 1 aromatic rings. The van der Waals surface area contributed by atoms with Crippen molar-refractivity contribution in [1.29, 1.82) is 0 Å². The summed E-state index contributed by atoms with van der Waals surface area (Å²) in [6.45, 7) is 6.25. The quantitative estimate of drug-likeness (QED) is 0.815. The van der Waals surface area contributed by atoms with Crippen LogP contribution in [0.3, 0.4) is 0 Å². The molecule has 0 radical (unpaired) electrons. The van der Waals surface area contributed by atoms with E-state index in [-0.39, 0.29) is 0 Å². The SMILES string of the molecule is CC(C)CNCc1cnc(N(C)C2CCCCCC2)cn1. The van der Waals surface area contributed by atoms with Crippen molar-refractivity contribution >= 4 is 5.82 Å². The molecule has 1 aliphatic rings. The summed E-state index contributed by atoms with van der Waals surface area (Å²) in [4.78, 5) is 11.5. The molecule has 0 aromatic carbocycles. The lowest BCUT2D eigenvalue weighted by Gasteiger charge is -2.28. The van der Waals surface area contributed by atoms with E-state index < -0.39 is 0 Å². The number of hydrogen-bond acceptors (Lipinski definition) is 4. The minimum Gasteiger partial charge on any atom is -0.355 e. The van der Waals surface area contributed by atoms with Crippen molar-refractivity contribution in [2.45, 2.75) is 65.0 Å². The first kappa shape index (κ1) is 16.2. The summed E-state index contributed by atoms with van der Waals surface area (Å²) < 4.78 is 0. The second-order valence-electron chi connectivity index (χ2n) is 6.65. The smallest absolute Gasteiger partial charge is 0.147 e. The molecule has 0 spiro atoms. The highest BCUT2D eigenvalue weighted by molar-refractivity contribution is 5.36. The molecule has 118 valence electrons. The van der Waals surface area contributed by atoms with Gasteiger partial charge in [0, 0.05) is 19.6 Å². The van der Waals surface area contributed by atoms with E-state index in [0.717, 1.165) is 24.6 Å². The van der Waals surface area contributed by atoms with Crippen LogP contribution in [0.4, 0.5) is 5.82 Å². The van der Waals surface area contributed by atoms with Crippen LogP contribution in [0, 0.1) is 5.92 Å². The third kappa shape index (κ3) is 5.27. The summed E-state index contributed by atoms with van der Waals surface area (Å²) in [7, 11) is 2.16. The van der Waals surface area contributed by atoms with Gasteiger partial charge >= 0.3 is 0 Å². The molecule has 0 saturated heterocycles. The number of nitrogens with one attached hydrogen (secondary N) is 1. The van der Waals surface area contributed by atoms with Gasteiger partial charge in [-0.15, -0.1) is 0 Å². The van der Waals surface area contributed by atoms with Crippen molar-refractivity contribution in [2.75, 3.05) is 18.5 Å². The third-order valence-corrected chi connectivity index (χ3v) is 4.28. The highest BCUT2D eigenvalue weighted by Gasteiger charge is 2.18. The molecular formula is C17H30N4. The van der Waals surface area contributed by atoms with Crippen molar-refractivity contribution in [3.63, 3.8) is 0 Å². The van der Waals surface area contributed by atoms with E-state index in [4.69, 9.17) is 0 Å². The molecule has 0 amide bonds. The van der Waals surface area contributed by atoms with Gasteiger partial charge in [0.25, 0.3) is 0 Å². The molecule has 1 aromatic heterocycles. The van der Waals surface area contributed by atoms with E-state index in [1.807, 2.05) is 12.4 Å². The van der Waals surface area contributed by atoms with Crippen molar-refractivity contribution < 1.29 is 0 Å². The fourth-order valence-corrected chi connectivity index (χ4v) is 2.94. The van der Waals surface area contributed by atoms with Crippen molar-refractivity contribution in [2.24, 2.45) is 5.92 Å². The number of hydrogen-bond donors (Lipinski definition) is 1. The lowest BCUT2D eigenvalue weighted by Crippen LogP contribution is -2.32. The molecule has 0 bridgehead atoms. The summed E-state index contributed by atoms with van der Waals surface area (Å²) in [6, 6.07) is 0.631. The van der Waals surface area contributed by atoms with Crippen LogP contribution in [0.2, 0.25) is 0 Å². The van der Waals surface area contributed by atoms with Gasteiger partial charge in [0.2, 0.25) is 0 Å². The maximum atomic E-state index is 4.61.